The molecule has 0 atom stereocenters. The maximum Gasteiger partial charge on any atom is 0.234 e. The molecule has 1 amide bonds. The van der Waals surface area contributed by atoms with Gasteiger partial charge < -0.3 is 15.5 Å². The van der Waals surface area contributed by atoms with Crippen LogP contribution in [-0.2, 0) is 11.2 Å². The summed E-state index contributed by atoms with van der Waals surface area (Å²) in [7, 11) is 0. The van der Waals surface area contributed by atoms with Gasteiger partial charge in [-0.3, -0.25) is 14.7 Å². The minimum absolute atomic E-state index is 0. The fourth-order valence-electron chi connectivity index (χ4n) is 3.18. The number of carbonyl (C=O) groups is 1. The number of piperazine rings is 1. The Hall–Kier alpha value is -0.940. The van der Waals surface area contributed by atoms with Gasteiger partial charge in [0.15, 0.2) is 5.96 Å². The van der Waals surface area contributed by atoms with E-state index in [1.165, 1.54) is 4.88 Å². The molecule has 1 aliphatic rings. The van der Waals surface area contributed by atoms with E-state index in [-0.39, 0.29) is 35.9 Å². The number of rotatable bonds is 7. The van der Waals surface area contributed by atoms with Crippen LogP contribution in [0.5, 0.6) is 0 Å². The van der Waals surface area contributed by atoms with Crippen LogP contribution in [0.15, 0.2) is 4.99 Å². The third-order valence-corrected chi connectivity index (χ3v) is 5.56. The minimum Gasteiger partial charge on any atom is -0.357 e. The van der Waals surface area contributed by atoms with Gasteiger partial charge in [-0.15, -0.1) is 35.3 Å². The fourth-order valence-corrected chi connectivity index (χ4v) is 4.11. The summed E-state index contributed by atoms with van der Waals surface area (Å²) in [5, 5.41) is 7.49. The molecule has 2 rings (SSSR count). The molecule has 0 unspecified atom stereocenters. The van der Waals surface area contributed by atoms with Crippen molar-refractivity contribution in [3.8, 4) is 0 Å². The van der Waals surface area contributed by atoms with Crippen LogP contribution in [-0.4, -0.2) is 78.5 Å². The maximum absolute atomic E-state index is 11.9. The highest BCUT2D eigenvalue weighted by atomic mass is 127. The van der Waals surface area contributed by atoms with Crippen LogP contribution in [0, 0.1) is 13.8 Å². The molecule has 7 nitrogen and oxygen atoms in total. The van der Waals surface area contributed by atoms with E-state index in [1.54, 1.807) is 11.3 Å². The predicted octanol–water partition coefficient (Wildman–Crippen LogP) is 2.03. The van der Waals surface area contributed by atoms with E-state index >= 15 is 0 Å². The Labute approximate surface area is 190 Å². The third kappa shape index (κ3) is 8.20. The molecule has 0 aliphatic carbocycles. The van der Waals surface area contributed by atoms with Crippen molar-refractivity contribution in [1.82, 2.24) is 25.4 Å². The zero-order valence-electron chi connectivity index (χ0n) is 17.7. The summed E-state index contributed by atoms with van der Waals surface area (Å²) in [5.74, 6) is 1.08. The number of nitrogens with zero attached hydrogens (tertiary/aromatic N) is 4. The maximum atomic E-state index is 11.9. The smallest absolute Gasteiger partial charge is 0.234 e. The van der Waals surface area contributed by atoms with Gasteiger partial charge in [-0.2, -0.15) is 0 Å². The molecule has 0 spiro atoms. The molecule has 160 valence electrons. The quantitative estimate of drug-likeness (QED) is 0.326. The molecular formula is C19H35IN6OS. The Balaban J connectivity index is 0.00000392. The van der Waals surface area contributed by atoms with Gasteiger partial charge in [-0.25, -0.2) is 4.98 Å². The number of amides is 1. The summed E-state index contributed by atoms with van der Waals surface area (Å²) in [6.07, 6.45) is 0.932. The van der Waals surface area contributed by atoms with Crippen molar-refractivity contribution in [2.24, 2.45) is 4.99 Å². The largest absolute Gasteiger partial charge is 0.357 e. The summed E-state index contributed by atoms with van der Waals surface area (Å²) in [6, 6.07) is 0.192. The van der Waals surface area contributed by atoms with Gasteiger partial charge in [0.05, 0.1) is 17.2 Å². The molecule has 1 aromatic heterocycles. The van der Waals surface area contributed by atoms with Crippen LogP contribution in [0.1, 0.15) is 36.3 Å². The molecule has 2 heterocycles. The molecule has 28 heavy (non-hydrogen) atoms. The molecule has 1 saturated heterocycles. The number of carbonyl (C=O) groups excluding carboxylic acids is 1. The molecule has 1 aromatic rings. The lowest BCUT2D eigenvalue weighted by Gasteiger charge is -2.36. The van der Waals surface area contributed by atoms with Crippen LogP contribution < -0.4 is 10.6 Å². The Morgan fingerprint density at radius 3 is 2.46 bits per heavy atom. The van der Waals surface area contributed by atoms with Crippen molar-refractivity contribution >= 4 is 47.2 Å². The summed E-state index contributed by atoms with van der Waals surface area (Å²) >= 11 is 1.77. The van der Waals surface area contributed by atoms with Crippen molar-refractivity contribution < 1.29 is 4.79 Å². The Morgan fingerprint density at radius 1 is 1.25 bits per heavy atom. The predicted molar refractivity (Wildman–Crippen MR) is 128 cm³/mol. The van der Waals surface area contributed by atoms with E-state index in [9.17, 15) is 4.79 Å². The normalized spacial score (nSPS) is 15.5. The van der Waals surface area contributed by atoms with Crippen molar-refractivity contribution in [2.45, 2.75) is 47.1 Å². The number of aromatic nitrogens is 1. The summed E-state index contributed by atoms with van der Waals surface area (Å²) in [4.78, 5) is 27.1. The lowest BCUT2D eigenvalue weighted by atomic mass is 10.3. The molecule has 9 heteroatoms. The van der Waals surface area contributed by atoms with Gasteiger partial charge in [-0.05, 0) is 34.6 Å². The van der Waals surface area contributed by atoms with Gasteiger partial charge in [0, 0.05) is 56.6 Å². The Kier molecular flexibility index (Phi) is 11.3. The van der Waals surface area contributed by atoms with Crippen LogP contribution >= 0.6 is 35.3 Å². The minimum atomic E-state index is 0. The molecule has 1 aliphatic heterocycles. The van der Waals surface area contributed by atoms with E-state index < -0.39 is 0 Å². The topological polar surface area (TPSA) is 72.9 Å². The van der Waals surface area contributed by atoms with E-state index in [0.29, 0.717) is 6.54 Å². The number of hydrogen-bond donors (Lipinski definition) is 2. The van der Waals surface area contributed by atoms with Crippen LogP contribution in [0.3, 0.4) is 0 Å². The number of thiazole rings is 1. The first-order chi connectivity index (χ1) is 12.9. The second kappa shape index (κ2) is 12.6. The lowest BCUT2D eigenvalue weighted by molar-refractivity contribution is -0.123. The van der Waals surface area contributed by atoms with Gasteiger partial charge in [-0.1, -0.05) is 0 Å². The zero-order chi connectivity index (χ0) is 19.8. The second-order valence-electron chi connectivity index (χ2n) is 7.21. The lowest BCUT2D eigenvalue weighted by Crippen LogP contribution is -2.54. The van der Waals surface area contributed by atoms with E-state index in [2.05, 4.69) is 46.2 Å². The standard InChI is InChI=1S/C19H34N6OS.HI/c1-6-20-19(21-8-7-17-15(4)23-16(5)27-17)25-11-9-24(10-12-25)13-18(26)22-14(2)3;/h14H,6-13H2,1-5H3,(H,20,21)(H,22,26);1H. The number of halogens is 1. The Bertz CT molecular complexity index is 640. The molecule has 0 bridgehead atoms. The molecule has 0 aromatic carbocycles. The number of aryl methyl sites for hydroxylation is 2. The van der Waals surface area contributed by atoms with Crippen molar-refractivity contribution in [1.29, 1.82) is 0 Å². The average molecular weight is 523 g/mol. The van der Waals surface area contributed by atoms with Crippen LogP contribution in [0.25, 0.3) is 0 Å². The molecular weight excluding hydrogens is 487 g/mol. The van der Waals surface area contributed by atoms with E-state index in [0.717, 1.165) is 62.4 Å². The first-order valence-electron chi connectivity index (χ1n) is 9.87. The molecule has 2 N–H and O–H groups in total. The number of guanidine groups is 1. The summed E-state index contributed by atoms with van der Waals surface area (Å²) < 4.78 is 0. The van der Waals surface area contributed by atoms with Gasteiger partial charge in [0.1, 0.15) is 0 Å². The van der Waals surface area contributed by atoms with Gasteiger partial charge in [0.2, 0.25) is 5.91 Å². The SMILES string of the molecule is CCNC(=NCCc1sc(C)nc1C)N1CCN(CC(=O)NC(C)C)CC1.I. The van der Waals surface area contributed by atoms with E-state index in [1.807, 2.05) is 13.8 Å². The van der Waals surface area contributed by atoms with Crippen molar-refractivity contribution in [3.05, 3.63) is 15.6 Å². The summed E-state index contributed by atoms with van der Waals surface area (Å²) in [6.45, 7) is 15.8. The molecule has 1 fully saturated rings. The first kappa shape index (κ1) is 25.1. The highest BCUT2D eigenvalue weighted by molar-refractivity contribution is 14.0. The number of nitrogens with one attached hydrogen (secondary N) is 2. The zero-order valence-corrected chi connectivity index (χ0v) is 20.9. The Morgan fingerprint density at radius 2 is 1.93 bits per heavy atom. The van der Waals surface area contributed by atoms with Crippen molar-refractivity contribution in [2.75, 3.05) is 45.8 Å². The number of aliphatic imine (C=N–C) groups is 1. The molecule has 0 saturated carbocycles. The number of hydrogen-bond acceptors (Lipinski definition) is 5. The highest BCUT2D eigenvalue weighted by Gasteiger charge is 2.21. The van der Waals surface area contributed by atoms with E-state index in [4.69, 9.17) is 4.99 Å². The van der Waals surface area contributed by atoms with Crippen molar-refractivity contribution in [3.63, 3.8) is 0 Å². The molecule has 0 radical (unpaired) electrons. The van der Waals surface area contributed by atoms with Crippen LogP contribution in [0.2, 0.25) is 0 Å². The van der Waals surface area contributed by atoms with Crippen LogP contribution in [0.4, 0.5) is 0 Å². The van der Waals surface area contributed by atoms with Gasteiger partial charge >= 0.3 is 0 Å². The average Bonchev–Trinajstić information content (AvgIpc) is 2.91. The fraction of sp³-hybridized carbons (Fsp3) is 0.737. The first-order valence-corrected chi connectivity index (χ1v) is 10.7. The van der Waals surface area contributed by atoms with Gasteiger partial charge in [0.25, 0.3) is 0 Å². The summed E-state index contributed by atoms with van der Waals surface area (Å²) in [5.41, 5.74) is 1.13. The highest BCUT2D eigenvalue weighted by Crippen LogP contribution is 2.17. The second-order valence-corrected chi connectivity index (χ2v) is 8.50. The third-order valence-electron chi connectivity index (χ3n) is 4.42. The monoisotopic (exact) mass is 522 g/mol.